The predicted octanol–water partition coefficient (Wildman–Crippen LogP) is 3.03. The summed E-state index contributed by atoms with van der Waals surface area (Å²) in [5, 5.41) is 13.8. The Bertz CT molecular complexity index is 894. The Morgan fingerprint density at radius 1 is 1.11 bits per heavy atom. The Hall–Kier alpha value is -2.75. The summed E-state index contributed by atoms with van der Waals surface area (Å²) in [5.74, 6) is 2.80. The van der Waals surface area contributed by atoms with Gasteiger partial charge in [0, 0.05) is 63.6 Å². The number of hydrogen-bond donors (Lipinski definition) is 2. The van der Waals surface area contributed by atoms with Crippen LogP contribution in [0.25, 0.3) is 0 Å². The summed E-state index contributed by atoms with van der Waals surface area (Å²) in [4.78, 5) is 45.7. The molecule has 10 nitrogen and oxygen atoms in total. The Morgan fingerprint density at radius 2 is 1.70 bits per heavy atom. The standard InChI is InChI=1S/C25H43N5O.2CH2O2/c1-18(2)16-30-14-9-12-25(17-30)13-10-19-21(25)26-23(24(3,4)5)27-22(19)29(8)15-11-20(31)28(6)7;2*2-1-3/h18H,9-17H2,1-8H3;2*1H,(H,2,3). The first-order chi connectivity index (χ1) is 17.3. The van der Waals surface area contributed by atoms with Crippen molar-refractivity contribution in [2.24, 2.45) is 5.92 Å². The highest BCUT2D eigenvalue weighted by atomic mass is 16.3. The molecule has 1 aliphatic heterocycles. The highest BCUT2D eigenvalue weighted by Crippen LogP contribution is 2.47. The largest absolute Gasteiger partial charge is 0.483 e. The van der Waals surface area contributed by atoms with E-state index in [1.54, 1.807) is 4.90 Å². The molecule has 0 aromatic carbocycles. The molecule has 0 saturated carbocycles. The fraction of sp³-hybridized carbons (Fsp3) is 0.741. The molecule has 2 N–H and O–H groups in total. The molecule has 1 saturated heterocycles. The zero-order valence-electron chi connectivity index (χ0n) is 24.0. The topological polar surface area (TPSA) is 127 Å². The average molecular weight is 522 g/mol. The molecule has 210 valence electrons. The maximum absolute atomic E-state index is 12.2. The van der Waals surface area contributed by atoms with E-state index >= 15 is 0 Å². The summed E-state index contributed by atoms with van der Waals surface area (Å²) in [7, 11) is 5.71. The van der Waals surface area contributed by atoms with Gasteiger partial charge in [0.25, 0.3) is 12.9 Å². The molecule has 0 radical (unpaired) electrons. The number of anilines is 1. The first-order valence-corrected chi connectivity index (χ1v) is 13.0. The number of carboxylic acid groups (broad SMARTS) is 2. The highest BCUT2D eigenvalue weighted by molar-refractivity contribution is 5.76. The summed E-state index contributed by atoms with van der Waals surface area (Å²) < 4.78 is 0. The Balaban J connectivity index is 0.00000104. The summed E-state index contributed by atoms with van der Waals surface area (Å²) in [6, 6.07) is 0. The van der Waals surface area contributed by atoms with E-state index in [0.717, 1.165) is 37.6 Å². The molecule has 1 aromatic rings. The maximum Gasteiger partial charge on any atom is 0.290 e. The molecule has 1 aliphatic carbocycles. The van der Waals surface area contributed by atoms with Crippen molar-refractivity contribution in [3.8, 4) is 0 Å². The van der Waals surface area contributed by atoms with Crippen LogP contribution in [-0.4, -0.2) is 96.2 Å². The molecule has 1 amide bonds. The van der Waals surface area contributed by atoms with Crippen LogP contribution in [0, 0.1) is 5.92 Å². The molecule has 1 unspecified atom stereocenters. The van der Waals surface area contributed by atoms with Gasteiger partial charge in [0.1, 0.15) is 11.6 Å². The van der Waals surface area contributed by atoms with Gasteiger partial charge in [-0.25, -0.2) is 9.97 Å². The second kappa shape index (κ2) is 14.3. The zero-order valence-corrected chi connectivity index (χ0v) is 24.0. The van der Waals surface area contributed by atoms with Crippen LogP contribution in [0.4, 0.5) is 5.82 Å². The molecular weight excluding hydrogens is 474 g/mol. The van der Waals surface area contributed by atoms with E-state index in [1.807, 2.05) is 14.1 Å². The molecule has 1 atom stereocenters. The van der Waals surface area contributed by atoms with E-state index in [4.69, 9.17) is 29.8 Å². The number of hydrogen-bond acceptors (Lipinski definition) is 7. The lowest BCUT2D eigenvalue weighted by atomic mass is 9.77. The van der Waals surface area contributed by atoms with Crippen molar-refractivity contribution in [2.75, 3.05) is 52.2 Å². The van der Waals surface area contributed by atoms with Crippen molar-refractivity contribution >= 4 is 24.7 Å². The van der Waals surface area contributed by atoms with Crippen molar-refractivity contribution in [3.63, 3.8) is 0 Å². The number of amides is 1. The van der Waals surface area contributed by atoms with Gasteiger partial charge < -0.3 is 24.9 Å². The fourth-order valence-corrected chi connectivity index (χ4v) is 5.16. The second-order valence-corrected chi connectivity index (χ2v) is 11.6. The summed E-state index contributed by atoms with van der Waals surface area (Å²) in [6.07, 6.45) is 5.16. The van der Waals surface area contributed by atoms with E-state index in [2.05, 4.69) is 51.5 Å². The maximum atomic E-state index is 12.2. The second-order valence-electron chi connectivity index (χ2n) is 11.6. The molecule has 10 heteroatoms. The smallest absolute Gasteiger partial charge is 0.290 e. The number of aromatic nitrogens is 2. The van der Waals surface area contributed by atoms with Crippen LogP contribution in [0.1, 0.15) is 77.4 Å². The molecule has 2 aliphatic rings. The van der Waals surface area contributed by atoms with Crippen LogP contribution in [0.2, 0.25) is 0 Å². The summed E-state index contributed by atoms with van der Waals surface area (Å²) >= 11 is 0. The lowest BCUT2D eigenvalue weighted by Gasteiger charge is -2.41. The number of likely N-dealkylation sites (tertiary alicyclic amines) is 1. The number of carbonyl (C=O) groups excluding carboxylic acids is 1. The third kappa shape index (κ3) is 8.94. The van der Waals surface area contributed by atoms with E-state index in [-0.39, 0.29) is 29.7 Å². The van der Waals surface area contributed by atoms with Gasteiger partial charge in [-0.05, 0) is 38.1 Å². The highest BCUT2D eigenvalue weighted by Gasteiger charge is 2.45. The van der Waals surface area contributed by atoms with Crippen LogP contribution in [0.5, 0.6) is 0 Å². The molecule has 1 fully saturated rings. The number of rotatable bonds is 6. The van der Waals surface area contributed by atoms with Gasteiger partial charge in [-0.1, -0.05) is 34.6 Å². The molecule has 3 rings (SSSR count). The van der Waals surface area contributed by atoms with Gasteiger partial charge in [0.2, 0.25) is 5.91 Å². The lowest BCUT2D eigenvalue weighted by molar-refractivity contribution is -0.128. The minimum atomic E-state index is -0.250. The number of piperidine rings is 1. The summed E-state index contributed by atoms with van der Waals surface area (Å²) in [5.41, 5.74) is 2.65. The number of carbonyl (C=O) groups is 3. The number of fused-ring (bicyclic) bond motifs is 2. The van der Waals surface area contributed by atoms with Gasteiger partial charge >= 0.3 is 0 Å². The van der Waals surface area contributed by atoms with E-state index in [1.165, 1.54) is 30.6 Å². The van der Waals surface area contributed by atoms with Crippen LogP contribution < -0.4 is 4.90 Å². The Kier molecular flexibility index (Phi) is 12.4. The van der Waals surface area contributed by atoms with Crippen molar-refractivity contribution in [3.05, 3.63) is 17.1 Å². The van der Waals surface area contributed by atoms with E-state index in [0.29, 0.717) is 18.9 Å². The van der Waals surface area contributed by atoms with Crippen LogP contribution in [0.3, 0.4) is 0 Å². The third-order valence-electron chi connectivity index (χ3n) is 6.81. The third-order valence-corrected chi connectivity index (χ3v) is 6.81. The van der Waals surface area contributed by atoms with Crippen molar-refractivity contribution in [1.82, 2.24) is 19.8 Å². The van der Waals surface area contributed by atoms with Crippen LogP contribution >= 0.6 is 0 Å². The Morgan fingerprint density at radius 3 is 2.22 bits per heavy atom. The van der Waals surface area contributed by atoms with Crippen LogP contribution in [-0.2, 0) is 31.6 Å². The number of nitrogens with zero attached hydrogens (tertiary/aromatic N) is 5. The molecule has 1 spiro atoms. The average Bonchev–Trinajstić information content (AvgIpc) is 3.14. The van der Waals surface area contributed by atoms with Gasteiger partial charge in [-0.2, -0.15) is 0 Å². The van der Waals surface area contributed by atoms with Gasteiger partial charge in [0.05, 0.1) is 5.69 Å². The molecule has 2 heterocycles. The zero-order chi connectivity index (χ0) is 28.4. The van der Waals surface area contributed by atoms with Gasteiger partial charge in [0.15, 0.2) is 0 Å². The fourth-order valence-electron chi connectivity index (χ4n) is 5.16. The van der Waals surface area contributed by atoms with Crippen molar-refractivity contribution < 1.29 is 24.6 Å². The van der Waals surface area contributed by atoms with Crippen molar-refractivity contribution in [2.45, 2.75) is 77.6 Å². The van der Waals surface area contributed by atoms with Crippen molar-refractivity contribution in [1.29, 1.82) is 0 Å². The summed E-state index contributed by atoms with van der Waals surface area (Å²) in [6.45, 7) is 14.9. The monoisotopic (exact) mass is 521 g/mol. The molecule has 0 bridgehead atoms. The molecule has 1 aromatic heterocycles. The van der Waals surface area contributed by atoms with Crippen LogP contribution in [0.15, 0.2) is 0 Å². The van der Waals surface area contributed by atoms with Gasteiger partial charge in [-0.3, -0.25) is 14.4 Å². The minimum absolute atomic E-state index is 0.111. The lowest BCUT2D eigenvalue weighted by Crippen LogP contribution is -2.46. The predicted molar refractivity (Wildman–Crippen MR) is 145 cm³/mol. The first-order valence-electron chi connectivity index (χ1n) is 13.0. The minimum Gasteiger partial charge on any atom is -0.483 e. The Labute approximate surface area is 222 Å². The van der Waals surface area contributed by atoms with Gasteiger partial charge in [-0.15, -0.1) is 0 Å². The SMILES string of the molecule is CC(C)CN1CCCC2(CCc3c(N(C)CCC(=O)N(C)C)nc(C(C)(C)C)nc32)C1.O=CO.O=CO. The van der Waals surface area contributed by atoms with E-state index < -0.39 is 0 Å². The first kappa shape index (κ1) is 32.3. The molecular formula is C27H47N5O5. The van der Waals surface area contributed by atoms with E-state index in [9.17, 15) is 4.79 Å². The normalized spacial score (nSPS) is 18.7. The molecule has 37 heavy (non-hydrogen) atoms. The quantitative estimate of drug-likeness (QED) is 0.543.